The van der Waals surface area contributed by atoms with Gasteiger partial charge in [-0.3, -0.25) is 0 Å². The van der Waals surface area contributed by atoms with Gasteiger partial charge in [-0.1, -0.05) is 0 Å². The summed E-state index contributed by atoms with van der Waals surface area (Å²) in [6.07, 6.45) is -8.72. The van der Waals surface area contributed by atoms with Crippen molar-refractivity contribution in [2.75, 3.05) is 0 Å². The van der Waals surface area contributed by atoms with Crippen LogP contribution in [-0.4, -0.2) is 62.2 Å². The SMILES string of the molecule is O=C(O)[C@H]1O[C@@H](O)[C@@H](O)[C@@H](O)[C@@H]1O.[H-].[Na+]. The number of carbonyl (C=O) groups is 1. The molecule has 0 aromatic carbocycles. The van der Waals surface area contributed by atoms with Gasteiger partial charge in [-0.25, -0.2) is 4.79 Å². The van der Waals surface area contributed by atoms with Gasteiger partial charge in [0.15, 0.2) is 12.4 Å². The van der Waals surface area contributed by atoms with E-state index in [1.807, 2.05) is 0 Å². The maximum atomic E-state index is 10.4. The molecule has 78 valence electrons. The average molecular weight is 218 g/mol. The number of ether oxygens (including phenoxy) is 1. The Hall–Kier alpha value is 0.270. The zero-order valence-electron chi connectivity index (χ0n) is 8.44. The van der Waals surface area contributed by atoms with Crippen molar-refractivity contribution in [3.05, 3.63) is 0 Å². The van der Waals surface area contributed by atoms with Crippen molar-refractivity contribution in [3.8, 4) is 0 Å². The van der Waals surface area contributed by atoms with E-state index in [1.165, 1.54) is 0 Å². The van der Waals surface area contributed by atoms with Crippen LogP contribution in [0.15, 0.2) is 0 Å². The minimum atomic E-state index is -1.81. The first-order valence-electron chi connectivity index (χ1n) is 3.55. The Labute approximate surface area is 103 Å². The summed E-state index contributed by atoms with van der Waals surface area (Å²) in [6.45, 7) is 0. The van der Waals surface area contributed by atoms with Crippen LogP contribution in [0.2, 0.25) is 0 Å². The van der Waals surface area contributed by atoms with Gasteiger partial charge in [-0.15, -0.1) is 0 Å². The third kappa shape index (κ3) is 2.65. The molecule has 14 heavy (non-hydrogen) atoms. The molecule has 0 aliphatic carbocycles. The van der Waals surface area contributed by atoms with Crippen molar-refractivity contribution in [2.45, 2.75) is 30.7 Å². The van der Waals surface area contributed by atoms with Crippen molar-refractivity contribution in [3.63, 3.8) is 0 Å². The number of rotatable bonds is 1. The first-order chi connectivity index (χ1) is 5.95. The van der Waals surface area contributed by atoms with Gasteiger partial charge in [-0.05, 0) is 0 Å². The molecular formula is C6H11NaO7. The van der Waals surface area contributed by atoms with Crippen LogP contribution in [0.5, 0.6) is 0 Å². The van der Waals surface area contributed by atoms with Crippen molar-refractivity contribution in [2.24, 2.45) is 0 Å². The fourth-order valence-corrected chi connectivity index (χ4v) is 1.07. The monoisotopic (exact) mass is 218 g/mol. The molecule has 0 spiro atoms. The van der Waals surface area contributed by atoms with E-state index in [1.54, 1.807) is 0 Å². The summed E-state index contributed by atoms with van der Waals surface area (Å²) in [5.41, 5.74) is 0. The largest absolute Gasteiger partial charge is 1.00 e. The molecule has 7 nitrogen and oxygen atoms in total. The van der Waals surface area contributed by atoms with Gasteiger partial charge in [0.25, 0.3) is 0 Å². The van der Waals surface area contributed by atoms with Gasteiger partial charge >= 0.3 is 35.5 Å². The molecule has 1 aliphatic rings. The third-order valence-electron chi connectivity index (χ3n) is 1.83. The third-order valence-corrected chi connectivity index (χ3v) is 1.83. The molecule has 5 atom stereocenters. The van der Waals surface area contributed by atoms with Crippen LogP contribution >= 0.6 is 0 Å². The molecule has 1 fully saturated rings. The number of aliphatic carboxylic acids is 1. The molecule has 0 aromatic rings. The van der Waals surface area contributed by atoms with Crippen LogP contribution in [-0.2, 0) is 9.53 Å². The summed E-state index contributed by atoms with van der Waals surface area (Å²) in [4.78, 5) is 10.4. The predicted molar refractivity (Wildman–Crippen MR) is 37.6 cm³/mol. The Balaban J connectivity index is 0. The van der Waals surface area contributed by atoms with Crippen LogP contribution in [0.1, 0.15) is 1.43 Å². The average Bonchev–Trinajstić information content (AvgIpc) is 2.07. The number of hydrogen-bond donors (Lipinski definition) is 5. The molecule has 0 saturated carbocycles. The molecular weight excluding hydrogens is 207 g/mol. The van der Waals surface area contributed by atoms with Crippen molar-refractivity contribution in [1.82, 2.24) is 0 Å². The summed E-state index contributed by atoms with van der Waals surface area (Å²) < 4.78 is 4.34. The Kier molecular flexibility index (Phi) is 5.48. The van der Waals surface area contributed by atoms with Crippen LogP contribution in [0.25, 0.3) is 0 Å². The molecule has 1 saturated heterocycles. The number of aliphatic hydroxyl groups excluding tert-OH is 4. The van der Waals surface area contributed by atoms with E-state index in [-0.39, 0.29) is 31.0 Å². The van der Waals surface area contributed by atoms with Crippen LogP contribution < -0.4 is 29.6 Å². The quantitative estimate of drug-likeness (QED) is 0.277. The van der Waals surface area contributed by atoms with E-state index in [0.29, 0.717) is 0 Å². The Bertz CT molecular complexity index is 216. The Morgan fingerprint density at radius 3 is 2.00 bits per heavy atom. The minimum Gasteiger partial charge on any atom is -1.00 e. The summed E-state index contributed by atoms with van der Waals surface area (Å²) in [6, 6.07) is 0. The molecule has 1 aliphatic heterocycles. The van der Waals surface area contributed by atoms with Gasteiger partial charge in [0.2, 0.25) is 0 Å². The maximum absolute atomic E-state index is 10.4. The Morgan fingerprint density at radius 2 is 1.57 bits per heavy atom. The van der Waals surface area contributed by atoms with Gasteiger partial charge in [0.05, 0.1) is 0 Å². The molecule has 0 aromatic heterocycles. The first kappa shape index (κ1) is 14.3. The number of carboxylic acids is 1. The molecule has 0 unspecified atom stereocenters. The topological polar surface area (TPSA) is 127 Å². The van der Waals surface area contributed by atoms with Crippen LogP contribution in [0, 0.1) is 0 Å². The molecule has 5 N–H and O–H groups in total. The van der Waals surface area contributed by atoms with E-state index >= 15 is 0 Å². The summed E-state index contributed by atoms with van der Waals surface area (Å²) in [5.74, 6) is -1.52. The molecule has 0 bridgehead atoms. The standard InChI is InChI=1S/C6H10O7.Na.H/c7-1-2(8)4(5(10)11)13-6(12)3(1)9;;/h1-4,6-9,12H,(H,10,11);;/q;+1;-1/t1-,2-,3-,4-,6+;;/m0../s1. The second-order valence-electron chi connectivity index (χ2n) is 2.76. The fraction of sp³-hybridized carbons (Fsp3) is 0.833. The smallest absolute Gasteiger partial charge is 1.00 e. The Morgan fingerprint density at radius 1 is 1.07 bits per heavy atom. The number of aliphatic hydroxyl groups is 4. The maximum Gasteiger partial charge on any atom is 1.00 e. The molecule has 0 amide bonds. The van der Waals surface area contributed by atoms with Gasteiger partial charge in [0.1, 0.15) is 18.3 Å². The number of hydrogen-bond acceptors (Lipinski definition) is 6. The normalized spacial score (nSPS) is 42.7. The van der Waals surface area contributed by atoms with Crippen LogP contribution in [0.3, 0.4) is 0 Å². The van der Waals surface area contributed by atoms with Crippen LogP contribution in [0.4, 0.5) is 0 Å². The van der Waals surface area contributed by atoms with E-state index in [2.05, 4.69) is 4.74 Å². The zero-order valence-corrected chi connectivity index (χ0v) is 9.44. The summed E-state index contributed by atoms with van der Waals surface area (Å²) >= 11 is 0. The first-order valence-corrected chi connectivity index (χ1v) is 3.55. The van der Waals surface area contributed by atoms with Gasteiger partial charge < -0.3 is 31.7 Å². The zero-order chi connectivity index (χ0) is 10.2. The summed E-state index contributed by atoms with van der Waals surface area (Å²) in [7, 11) is 0. The van der Waals surface area contributed by atoms with Crippen molar-refractivity contribution < 1.29 is 66.0 Å². The van der Waals surface area contributed by atoms with E-state index in [9.17, 15) is 4.79 Å². The minimum absolute atomic E-state index is 0. The van der Waals surface area contributed by atoms with E-state index in [0.717, 1.165) is 0 Å². The van der Waals surface area contributed by atoms with Gasteiger partial charge in [-0.2, -0.15) is 0 Å². The molecule has 1 rings (SSSR count). The summed E-state index contributed by atoms with van der Waals surface area (Å²) in [5, 5.41) is 44.4. The molecule has 0 radical (unpaired) electrons. The van der Waals surface area contributed by atoms with E-state index in [4.69, 9.17) is 25.5 Å². The fourth-order valence-electron chi connectivity index (χ4n) is 1.07. The molecule has 1 heterocycles. The molecule has 8 heteroatoms. The second-order valence-corrected chi connectivity index (χ2v) is 2.76. The van der Waals surface area contributed by atoms with Crippen molar-refractivity contribution >= 4 is 5.97 Å². The predicted octanol–water partition coefficient (Wildman–Crippen LogP) is -6.01. The van der Waals surface area contributed by atoms with Gasteiger partial charge in [0, 0.05) is 0 Å². The van der Waals surface area contributed by atoms with Crippen molar-refractivity contribution in [1.29, 1.82) is 0 Å². The van der Waals surface area contributed by atoms with E-state index < -0.39 is 36.7 Å². The number of carboxylic acid groups (broad SMARTS) is 1. The second kappa shape index (κ2) is 5.38.